The van der Waals surface area contributed by atoms with Crippen molar-refractivity contribution in [3.8, 4) is 0 Å². The van der Waals surface area contributed by atoms with Crippen molar-refractivity contribution in [2.45, 2.75) is 19.8 Å². The molecular formula is C20H22N2O4. The molecule has 2 aromatic carbocycles. The summed E-state index contributed by atoms with van der Waals surface area (Å²) in [5.74, 6) is -1.25. The third kappa shape index (κ3) is 6.05. The highest BCUT2D eigenvalue weighted by molar-refractivity contribution is 6.02. The van der Waals surface area contributed by atoms with E-state index in [2.05, 4.69) is 10.6 Å². The SMILES string of the molecule is CCCNC(=O)COC(=O)c1ccccc1NC(=O)Cc1ccccc1. The van der Waals surface area contributed by atoms with Gasteiger partial charge in [-0.25, -0.2) is 4.79 Å². The summed E-state index contributed by atoms with van der Waals surface area (Å²) in [5, 5.41) is 5.35. The zero-order chi connectivity index (χ0) is 18.8. The highest BCUT2D eigenvalue weighted by Crippen LogP contribution is 2.16. The quantitative estimate of drug-likeness (QED) is 0.714. The standard InChI is InChI=1S/C20H22N2O4/c1-2-12-21-19(24)14-26-20(25)16-10-6-7-11-17(16)22-18(23)13-15-8-4-3-5-9-15/h3-11H,2,12-14H2,1H3,(H,21,24)(H,22,23). The fraction of sp³-hybridized carbons (Fsp3) is 0.250. The van der Waals surface area contributed by atoms with E-state index in [0.717, 1.165) is 12.0 Å². The molecule has 0 aliphatic carbocycles. The van der Waals surface area contributed by atoms with Crippen molar-refractivity contribution in [1.29, 1.82) is 0 Å². The second kappa shape index (κ2) is 9.98. The lowest BCUT2D eigenvalue weighted by atomic mass is 10.1. The maximum atomic E-state index is 12.2. The van der Waals surface area contributed by atoms with Crippen molar-refractivity contribution in [3.05, 3.63) is 65.7 Å². The van der Waals surface area contributed by atoms with Crippen molar-refractivity contribution in [2.75, 3.05) is 18.5 Å². The molecule has 136 valence electrons. The Hall–Kier alpha value is -3.15. The first-order valence-corrected chi connectivity index (χ1v) is 8.46. The van der Waals surface area contributed by atoms with Crippen LogP contribution < -0.4 is 10.6 Å². The fourth-order valence-corrected chi connectivity index (χ4v) is 2.27. The Kier molecular flexibility index (Phi) is 7.36. The third-order valence-electron chi connectivity index (χ3n) is 3.54. The predicted molar refractivity (Wildman–Crippen MR) is 98.8 cm³/mol. The molecule has 0 aliphatic rings. The minimum Gasteiger partial charge on any atom is -0.452 e. The molecule has 0 heterocycles. The molecule has 0 spiro atoms. The number of para-hydroxylation sites is 1. The number of hydrogen-bond acceptors (Lipinski definition) is 4. The summed E-state index contributed by atoms with van der Waals surface area (Å²) >= 11 is 0. The minimum atomic E-state index is -0.660. The molecule has 2 aromatic rings. The van der Waals surface area contributed by atoms with Gasteiger partial charge >= 0.3 is 5.97 Å². The second-order valence-corrected chi connectivity index (χ2v) is 5.68. The molecule has 0 aliphatic heterocycles. The maximum Gasteiger partial charge on any atom is 0.340 e. The van der Waals surface area contributed by atoms with E-state index in [1.165, 1.54) is 0 Å². The van der Waals surface area contributed by atoms with Gasteiger partial charge in [0.05, 0.1) is 17.7 Å². The van der Waals surface area contributed by atoms with Gasteiger partial charge in [0.2, 0.25) is 5.91 Å². The van der Waals surface area contributed by atoms with Gasteiger partial charge in [-0.2, -0.15) is 0 Å². The number of nitrogens with one attached hydrogen (secondary N) is 2. The number of carbonyl (C=O) groups excluding carboxylic acids is 3. The normalized spacial score (nSPS) is 10.0. The van der Waals surface area contributed by atoms with E-state index in [9.17, 15) is 14.4 Å². The van der Waals surface area contributed by atoms with E-state index in [1.807, 2.05) is 37.3 Å². The number of hydrogen-bond donors (Lipinski definition) is 2. The summed E-state index contributed by atoms with van der Waals surface area (Å²) in [7, 11) is 0. The van der Waals surface area contributed by atoms with Crippen LogP contribution in [-0.4, -0.2) is 30.9 Å². The highest BCUT2D eigenvalue weighted by atomic mass is 16.5. The molecule has 0 fully saturated rings. The van der Waals surface area contributed by atoms with Crippen molar-refractivity contribution < 1.29 is 19.1 Å². The summed E-state index contributed by atoms with van der Waals surface area (Å²) in [4.78, 5) is 36.0. The molecule has 2 rings (SSSR count). The van der Waals surface area contributed by atoms with Crippen molar-refractivity contribution in [2.24, 2.45) is 0 Å². The van der Waals surface area contributed by atoms with Crippen LogP contribution in [0.4, 0.5) is 5.69 Å². The second-order valence-electron chi connectivity index (χ2n) is 5.68. The van der Waals surface area contributed by atoms with Crippen LogP contribution in [0.25, 0.3) is 0 Å². The summed E-state index contributed by atoms with van der Waals surface area (Å²) in [5.41, 5.74) is 1.43. The smallest absolute Gasteiger partial charge is 0.340 e. The first-order chi connectivity index (χ1) is 12.6. The van der Waals surface area contributed by atoms with Crippen LogP contribution in [0, 0.1) is 0 Å². The van der Waals surface area contributed by atoms with Crippen LogP contribution >= 0.6 is 0 Å². The molecule has 0 unspecified atom stereocenters. The summed E-state index contributed by atoms with van der Waals surface area (Å²) in [6, 6.07) is 15.9. The number of esters is 1. The number of anilines is 1. The third-order valence-corrected chi connectivity index (χ3v) is 3.54. The zero-order valence-corrected chi connectivity index (χ0v) is 14.7. The molecule has 2 amide bonds. The molecule has 0 bridgehead atoms. The van der Waals surface area contributed by atoms with Gasteiger partial charge in [0.25, 0.3) is 5.91 Å². The predicted octanol–water partition coefficient (Wildman–Crippen LogP) is 2.55. The summed E-state index contributed by atoms with van der Waals surface area (Å²) < 4.78 is 5.03. The van der Waals surface area contributed by atoms with Gasteiger partial charge in [0.15, 0.2) is 6.61 Å². The van der Waals surface area contributed by atoms with Crippen LogP contribution in [0.2, 0.25) is 0 Å². The van der Waals surface area contributed by atoms with E-state index >= 15 is 0 Å². The van der Waals surface area contributed by atoms with Crippen molar-refractivity contribution in [1.82, 2.24) is 5.32 Å². The highest BCUT2D eigenvalue weighted by Gasteiger charge is 2.15. The van der Waals surface area contributed by atoms with Crippen LogP contribution in [0.3, 0.4) is 0 Å². The Balaban J connectivity index is 1.97. The minimum absolute atomic E-state index is 0.198. The topological polar surface area (TPSA) is 84.5 Å². The number of carbonyl (C=O) groups is 3. The molecular weight excluding hydrogens is 332 g/mol. The van der Waals surface area contributed by atoms with E-state index < -0.39 is 5.97 Å². The lowest BCUT2D eigenvalue weighted by Gasteiger charge is -2.11. The average Bonchev–Trinajstić information content (AvgIpc) is 2.65. The van der Waals surface area contributed by atoms with Crippen LogP contribution in [0.15, 0.2) is 54.6 Å². The first-order valence-electron chi connectivity index (χ1n) is 8.46. The molecule has 0 aromatic heterocycles. The number of ether oxygens (including phenoxy) is 1. The van der Waals surface area contributed by atoms with Gasteiger partial charge < -0.3 is 15.4 Å². The number of rotatable bonds is 8. The maximum absolute atomic E-state index is 12.2. The molecule has 0 atom stereocenters. The lowest BCUT2D eigenvalue weighted by Crippen LogP contribution is -2.29. The summed E-state index contributed by atoms with van der Waals surface area (Å²) in [6.07, 6.45) is 1.000. The molecule has 26 heavy (non-hydrogen) atoms. The van der Waals surface area contributed by atoms with E-state index in [1.54, 1.807) is 24.3 Å². The summed E-state index contributed by atoms with van der Waals surface area (Å²) in [6.45, 7) is 2.11. The van der Waals surface area contributed by atoms with E-state index in [4.69, 9.17) is 4.74 Å². The molecule has 0 saturated carbocycles. The largest absolute Gasteiger partial charge is 0.452 e. The fourth-order valence-electron chi connectivity index (χ4n) is 2.27. The van der Waals surface area contributed by atoms with Gasteiger partial charge in [-0.05, 0) is 24.1 Å². The Labute approximate surface area is 152 Å². The monoisotopic (exact) mass is 354 g/mol. The van der Waals surface area contributed by atoms with Crippen LogP contribution in [0.5, 0.6) is 0 Å². The molecule has 0 saturated heterocycles. The van der Waals surface area contributed by atoms with Gasteiger partial charge in [-0.1, -0.05) is 49.4 Å². The van der Waals surface area contributed by atoms with Gasteiger partial charge in [0, 0.05) is 6.54 Å². The zero-order valence-electron chi connectivity index (χ0n) is 14.7. The van der Waals surface area contributed by atoms with Gasteiger partial charge in [-0.15, -0.1) is 0 Å². The Morgan fingerprint density at radius 1 is 0.923 bits per heavy atom. The van der Waals surface area contributed by atoms with Crippen molar-refractivity contribution >= 4 is 23.5 Å². The number of amides is 2. The Morgan fingerprint density at radius 3 is 2.35 bits per heavy atom. The Bertz CT molecular complexity index is 759. The van der Waals surface area contributed by atoms with Crippen LogP contribution in [0.1, 0.15) is 29.3 Å². The molecule has 2 N–H and O–H groups in total. The average molecular weight is 354 g/mol. The number of benzene rings is 2. The van der Waals surface area contributed by atoms with Gasteiger partial charge in [-0.3, -0.25) is 9.59 Å². The van der Waals surface area contributed by atoms with E-state index in [-0.39, 0.29) is 30.4 Å². The first kappa shape index (κ1) is 19.2. The Morgan fingerprint density at radius 2 is 1.62 bits per heavy atom. The molecule has 0 radical (unpaired) electrons. The van der Waals surface area contributed by atoms with Gasteiger partial charge in [0.1, 0.15) is 0 Å². The molecule has 6 nitrogen and oxygen atoms in total. The lowest BCUT2D eigenvalue weighted by molar-refractivity contribution is -0.124. The van der Waals surface area contributed by atoms with Crippen LogP contribution in [-0.2, 0) is 20.7 Å². The van der Waals surface area contributed by atoms with E-state index in [0.29, 0.717) is 12.2 Å². The molecule has 6 heteroatoms. The van der Waals surface area contributed by atoms with Crippen molar-refractivity contribution in [3.63, 3.8) is 0 Å².